The first kappa shape index (κ1) is 21.4. The average Bonchev–Trinajstić information content (AvgIpc) is 2.74. The predicted molar refractivity (Wildman–Crippen MR) is 114 cm³/mol. The first-order chi connectivity index (χ1) is 13.9. The van der Waals surface area contributed by atoms with Crippen molar-refractivity contribution in [3.05, 3.63) is 59.1 Å². The van der Waals surface area contributed by atoms with Gasteiger partial charge in [-0.25, -0.2) is 8.42 Å². The van der Waals surface area contributed by atoms with E-state index < -0.39 is 10.0 Å². The van der Waals surface area contributed by atoms with E-state index in [2.05, 4.69) is 10.2 Å². The van der Waals surface area contributed by atoms with Crippen molar-refractivity contribution in [2.45, 2.75) is 0 Å². The summed E-state index contributed by atoms with van der Waals surface area (Å²) in [6.07, 6.45) is 0. The van der Waals surface area contributed by atoms with Crippen LogP contribution in [-0.2, 0) is 10.0 Å². The molecule has 0 aliphatic carbocycles. The summed E-state index contributed by atoms with van der Waals surface area (Å²) < 4.78 is 32.1. The van der Waals surface area contributed by atoms with Gasteiger partial charge in [0.2, 0.25) is 10.0 Å². The van der Waals surface area contributed by atoms with Gasteiger partial charge in [-0.05, 0) is 24.3 Å². The van der Waals surface area contributed by atoms with Gasteiger partial charge in [0.15, 0.2) is 0 Å². The first-order valence-corrected chi connectivity index (χ1v) is 11.3. The van der Waals surface area contributed by atoms with Crippen LogP contribution in [0, 0.1) is 0 Å². The number of nitrogens with one attached hydrogen (secondary N) is 1. The number of methoxy groups -OCH3 is 1. The predicted octanol–water partition coefficient (Wildman–Crippen LogP) is 2.23. The molecule has 0 aromatic heterocycles. The Kier molecular flexibility index (Phi) is 7.00. The minimum atomic E-state index is -3.46. The zero-order chi connectivity index (χ0) is 20.9. The van der Waals surface area contributed by atoms with E-state index in [1.54, 1.807) is 31.4 Å². The van der Waals surface area contributed by atoms with Gasteiger partial charge in [-0.15, -0.1) is 0 Å². The number of benzene rings is 2. The average molecular weight is 438 g/mol. The lowest BCUT2D eigenvalue weighted by molar-refractivity contribution is 0.0956. The summed E-state index contributed by atoms with van der Waals surface area (Å²) in [7, 11) is -1.84. The highest BCUT2D eigenvalue weighted by Gasteiger charge is 2.27. The summed E-state index contributed by atoms with van der Waals surface area (Å²) in [5.74, 6) is 0.232. The van der Waals surface area contributed by atoms with Crippen LogP contribution < -0.4 is 15.0 Å². The number of carbonyl (C=O) groups excluding carboxylic acids is 1. The fourth-order valence-electron chi connectivity index (χ4n) is 3.26. The maximum atomic E-state index is 12.6. The van der Waals surface area contributed by atoms with Crippen molar-refractivity contribution in [3.8, 4) is 5.75 Å². The van der Waals surface area contributed by atoms with Gasteiger partial charge >= 0.3 is 0 Å². The first-order valence-electron chi connectivity index (χ1n) is 9.31. The van der Waals surface area contributed by atoms with Crippen molar-refractivity contribution in [1.29, 1.82) is 0 Å². The molecule has 7 nitrogen and oxygen atoms in total. The smallest absolute Gasteiger partial charge is 0.252 e. The van der Waals surface area contributed by atoms with Crippen molar-refractivity contribution in [1.82, 2.24) is 9.62 Å². The molecule has 3 rings (SSSR count). The van der Waals surface area contributed by atoms with E-state index in [-0.39, 0.29) is 18.2 Å². The SMILES string of the molecule is COc1ccccc1N1CCN(S(=O)(=O)CCNC(=O)c2ccccc2Cl)CC1. The molecule has 1 heterocycles. The fraction of sp³-hybridized carbons (Fsp3) is 0.350. The molecule has 29 heavy (non-hydrogen) atoms. The highest BCUT2D eigenvalue weighted by molar-refractivity contribution is 7.89. The number of hydrogen-bond acceptors (Lipinski definition) is 5. The molecule has 1 aliphatic rings. The largest absolute Gasteiger partial charge is 0.495 e. The number of halogens is 1. The minimum Gasteiger partial charge on any atom is -0.495 e. The van der Waals surface area contributed by atoms with E-state index >= 15 is 0 Å². The molecule has 0 spiro atoms. The second-order valence-corrected chi connectivity index (χ2v) is 9.11. The Balaban J connectivity index is 1.52. The molecular weight excluding hydrogens is 414 g/mol. The summed E-state index contributed by atoms with van der Waals surface area (Å²) in [6.45, 7) is 1.95. The van der Waals surface area contributed by atoms with Gasteiger partial charge in [0.05, 0.1) is 29.1 Å². The number of amides is 1. The number of nitrogens with zero attached hydrogens (tertiary/aromatic N) is 2. The molecule has 2 aromatic rings. The van der Waals surface area contributed by atoms with Crippen molar-refractivity contribution >= 4 is 33.2 Å². The second kappa shape index (κ2) is 9.47. The van der Waals surface area contributed by atoms with Crippen molar-refractivity contribution in [2.75, 3.05) is 50.5 Å². The van der Waals surface area contributed by atoms with Crippen LogP contribution in [0.15, 0.2) is 48.5 Å². The lowest BCUT2D eigenvalue weighted by Gasteiger charge is -2.36. The molecular formula is C20H24ClN3O4S. The molecule has 1 fully saturated rings. The Morgan fingerprint density at radius 3 is 2.41 bits per heavy atom. The number of piperazine rings is 1. The number of carbonyl (C=O) groups is 1. The maximum absolute atomic E-state index is 12.6. The Hall–Kier alpha value is -2.29. The van der Waals surface area contributed by atoms with Crippen LogP contribution in [0.25, 0.3) is 0 Å². The number of hydrogen-bond donors (Lipinski definition) is 1. The van der Waals surface area contributed by atoms with Crippen LogP contribution in [0.4, 0.5) is 5.69 Å². The van der Waals surface area contributed by atoms with Crippen molar-refractivity contribution in [3.63, 3.8) is 0 Å². The highest BCUT2D eigenvalue weighted by atomic mass is 35.5. The Labute approximate surface area is 176 Å². The normalized spacial score (nSPS) is 15.2. The second-order valence-electron chi connectivity index (χ2n) is 6.61. The molecule has 9 heteroatoms. The van der Waals surface area contributed by atoms with Gasteiger partial charge < -0.3 is 15.0 Å². The summed E-state index contributed by atoms with van der Waals surface area (Å²) >= 11 is 5.99. The van der Waals surface area contributed by atoms with Gasteiger partial charge in [0.25, 0.3) is 5.91 Å². The fourth-order valence-corrected chi connectivity index (χ4v) is 4.82. The summed E-state index contributed by atoms with van der Waals surface area (Å²) in [5.41, 5.74) is 1.29. The monoisotopic (exact) mass is 437 g/mol. The Bertz CT molecular complexity index is 960. The van der Waals surface area contributed by atoms with Crippen molar-refractivity contribution in [2.24, 2.45) is 0 Å². The molecule has 1 amide bonds. The molecule has 1 aliphatic heterocycles. The number of rotatable bonds is 7. The summed E-state index contributed by atoms with van der Waals surface area (Å²) in [6, 6.07) is 14.3. The van der Waals surface area contributed by atoms with Gasteiger partial charge in [-0.2, -0.15) is 4.31 Å². The molecule has 1 saturated heterocycles. The van der Waals surface area contributed by atoms with Crippen LogP contribution in [-0.4, -0.2) is 64.2 Å². The molecule has 0 saturated carbocycles. The standard InChI is InChI=1S/C20H24ClN3O4S/c1-28-19-9-5-4-8-18(19)23-11-13-24(14-12-23)29(26,27)15-10-22-20(25)16-6-2-3-7-17(16)21/h2-9H,10-15H2,1H3,(H,22,25). The van der Waals surface area contributed by atoms with Gasteiger partial charge in [-0.3, -0.25) is 4.79 Å². The third kappa shape index (κ3) is 5.20. The van der Waals surface area contributed by atoms with Crippen LogP contribution in [0.5, 0.6) is 5.75 Å². The quantitative estimate of drug-likeness (QED) is 0.718. The lowest BCUT2D eigenvalue weighted by atomic mass is 10.2. The van der Waals surface area contributed by atoms with E-state index in [4.69, 9.17) is 16.3 Å². The lowest BCUT2D eigenvalue weighted by Crippen LogP contribution is -2.50. The topological polar surface area (TPSA) is 79.0 Å². The van der Waals surface area contributed by atoms with E-state index in [1.807, 2.05) is 24.3 Å². The third-order valence-corrected chi connectivity index (χ3v) is 7.02. The van der Waals surface area contributed by atoms with E-state index in [0.29, 0.717) is 36.8 Å². The molecule has 0 unspecified atom stereocenters. The van der Waals surface area contributed by atoms with Crippen LogP contribution >= 0.6 is 11.6 Å². The number of para-hydroxylation sites is 2. The zero-order valence-corrected chi connectivity index (χ0v) is 17.7. The minimum absolute atomic E-state index is 0.0269. The summed E-state index contributed by atoms with van der Waals surface area (Å²) in [4.78, 5) is 14.3. The molecule has 2 aromatic carbocycles. The third-order valence-electron chi connectivity index (χ3n) is 4.82. The van der Waals surface area contributed by atoms with E-state index in [0.717, 1.165) is 11.4 Å². The molecule has 0 radical (unpaired) electrons. The van der Waals surface area contributed by atoms with Gasteiger partial charge in [0, 0.05) is 32.7 Å². The van der Waals surface area contributed by atoms with Crippen LogP contribution in [0.2, 0.25) is 5.02 Å². The number of anilines is 1. The molecule has 0 bridgehead atoms. The number of ether oxygens (including phenoxy) is 1. The van der Waals surface area contributed by atoms with Crippen LogP contribution in [0.3, 0.4) is 0 Å². The summed E-state index contributed by atoms with van der Waals surface area (Å²) in [5, 5.41) is 2.96. The van der Waals surface area contributed by atoms with Gasteiger partial charge in [-0.1, -0.05) is 35.9 Å². The van der Waals surface area contributed by atoms with Crippen molar-refractivity contribution < 1.29 is 17.9 Å². The van der Waals surface area contributed by atoms with Crippen LogP contribution in [0.1, 0.15) is 10.4 Å². The molecule has 1 N–H and O–H groups in total. The highest BCUT2D eigenvalue weighted by Crippen LogP contribution is 2.28. The Morgan fingerprint density at radius 2 is 1.72 bits per heavy atom. The van der Waals surface area contributed by atoms with E-state index in [9.17, 15) is 13.2 Å². The zero-order valence-electron chi connectivity index (χ0n) is 16.2. The number of sulfonamides is 1. The molecule has 156 valence electrons. The Morgan fingerprint density at radius 1 is 1.07 bits per heavy atom. The van der Waals surface area contributed by atoms with Gasteiger partial charge in [0.1, 0.15) is 5.75 Å². The molecule has 0 atom stereocenters. The maximum Gasteiger partial charge on any atom is 0.252 e. The van der Waals surface area contributed by atoms with E-state index in [1.165, 1.54) is 4.31 Å².